The maximum absolute atomic E-state index is 10.5. The molecule has 9 heteroatoms. The molecule has 0 aromatic heterocycles. The largest absolute Gasteiger partial charge is 1.00 e. The van der Waals surface area contributed by atoms with Crippen LogP contribution in [0.4, 0.5) is 0 Å². The monoisotopic (exact) mass is 266 g/mol. The van der Waals surface area contributed by atoms with E-state index >= 15 is 0 Å². The molecule has 0 spiro atoms. The van der Waals surface area contributed by atoms with Gasteiger partial charge in [-0.25, -0.2) is 8.42 Å². The summed E-state index contributed by atoms with van der Waals surface area (Å²) in [6, 6.07) is 4.23. The first-order chi connectivity index (χ1) is 5.91. The van der Waals surface area contributed by atoms with Gasteiger partial charge in [-0.1, -0.05) is 6.07 Å². The van der Waals surface area contributed by atoms with Gasteiger partial charge in [0.1, 0.15) is 10.1 Å². The van der Waals surface area contributed by atoms with E-state index in [1.807, 2.05) is 0 Å². The SMILES string of the molecule is O=S([O-])c1cccc(S(=O)(=O)[O-])c1.[Na+].[Na+]. The van der Waals surface area contributed by atoms with Crippen molar-refractivity contribution in [3.8, 4) is 0 Å². The van der Waals surface area contributed by atoms with Crippen molar-refractivity contribution in [3.63, 3.8) is 0 Å². The minimum atomic E-state index is -4.58. The van der Waals surface area contributed by atoms with Crippen molar-refractivity contribution in [1.82, 2.24) is 0 Å². The predicted molar refractivity (Wildman–Crippen MR) is 41.6 cm³/mol. The van der Waals surface area contributed by atoms with E-state index in [0.29, 0.717) is 0 Å². The normalized spacial score (nSPS) is 12.1. The van der Waals surface area contributed by atoms with Crippen LogP contribution in [0.1, 0.15) is 0 Å². The molecular formula is C6H4Na2O5S2. The van der Waals surface area contributed by atoms with Crippen molar-refractivity contribution >= 4 is 21.2 Å². The summed E-state index contributed by atoms with van der Waals surface area (Å²) in [5.41, 5.74) is 0. The number of hydrogen-bond acceptors (Lipinski definition) is 5. The number of rotatable bonds is 2. The first kappa shape index (κ1) is 18.6. The minimum absolute atomic E-state index is 0. The van der Waals surface area contributed by atoms with E-state index in [4.69, 9.17) is 0 Å². The minimum Gasteiger partial charge on any atom is -0.768 e. The second-order valence-corrected chi connectivity index (χ2v) is 4.48. The zero-order valence-electron chi connectivity index (χ0n) is 8.17. The average molecular weight is 266 g/mol. The van der Waals surface area contributed by atoms with Crippen LogP contribution in [0.3, 0.4) is 0 Å². The van der Waals surface area contributed by atoms with Crippen molar-refractivity contribution in [2.45, 2.75) is 9.79 Å². The van der Waals surface area contributed by atoms with Crippen LogP contribution in [-0.4, -0.2) is 21.7 Å². The summed E-state index contributed by atoms with van der Waals surface area (Å²) >= 11 is -2.53. The molecule has 0 fully saturated rings. The van der Waals surface area contributed by atoms with Crippen molar-refractivity contribution in [2.24, 2.45) is 0 Å². The molecule has 15 heavy (non-hydrogen) atoms. The Morgan fingerprint density at radius 1 is 1.20 bits per heavy atom. The molecule has 1 aromatic carbocycles. The van der Waals surface area contributed by atoms with Gasteiger partial charge < -0.3 is 9.11 Å². The van der Waals surface area contributed by atoms with Gasteiger partial charge in [0.25, 0.3) is 0 Å². The van der Waals surface area contributed by atoms with Gasteiger partial charge in [-0.05, 0) is 29.3 Å². The maximum atomic E-state index is 10.5. The molecule has 1 rings (SSSR count). The summed E-state index contributed by atoms with van der Waals surface area (Å²) < 4.78 is 52.1. The summed E-state index contributed by atoms with van der Waals surface area (Å²) in [4.78, 5) is -0.772. The Labute approximate surface area is 134 Å². The Bertz CT molecular complexity index is 445. The van der Waals surface area contributed by atoms with Gasteiger partial charge in [0.05, 0.1) is 4.90 Å². The summed E-state index contributed by atoms with van der Waals surface area (Å²) in [6.45, 7) is 0. The Morgan fingerprint density at radius 2 is 1.73 bits per heavy atom. The van der Waals surface area contributed by atoms with E-state index < -0.39 is 26.1 Å². The van der Waals surface area contributed by atoms with E-state index in [1.54, 1.807) is 0 Å². The summed E-state index contributed by atoms with van der Waals surface area (Å²) in [5, 5.41) is 0. The zero-order valence-corrected chi connectivity index (χ0v) is 13.8. The van der Waals surface area contributed by atoms with Crippen molar-refractivity contribution in [1.29, 1.82) is 0 Å². The molecule has 5 nitrogen and oxygen atoms in total. The zero-order chi connectivity index (χ0) is 10.1. The summed E-state index contributed by atoms with van der Waals surface area (Å²) in [7, 11) is -4.58. The topological polar surface area (TPSA) is 97.3 Å². The van der Waals surface area contributed by atoms with Gasteiger partial charge in [-0.15, -0.1) is 0 Å². The molecule has 0 aliphatic carbocycles. The van der Waals surface area contributed by atoms with E-state index in [0.717, 1.165) is 12.1 Å². The third-order valence-electron chi connectivity index (χ3n) is 1.29. The van der Waals surface area contributed by atoms with Gasteiger partial charge in [-0.2, -0.15) is 0 Å². The van der Waals surface area contributed by atoms with Crippen molar-refractivity contribution < 1.29 is 80.8 Å². The van der Waals surface area contributed by atoms with Crippen LogP contribution in [0.5, 0.6) is 0 Å². The molecule has 1 unspecified atom stereocenters. The van der Waals surface area contributed by atoms with Crippen LogP contribution in [-0.2, 0) is 21.2 Å². The summed E-state index contributed by atoms with van der Waals surface area (Å²) in [5.74, 6) is 0. The van der Waals surface area contributed by atoms with Crippen LogP contribution in [0.15, 0.2) is 34.1 Å². The fourth-order valence-electron chi connectivity index (χ4n) is 0.733. The Hall–Kier alpha value is 1.24. The molecule has 0 N–H and O–H groups in total. The molecule has 1 aromatic rings. The smallest absolute Gasteiger partial charge is 0.768 e. The molecular weight excluding hydrogens is 262 g/mol. The second kappa shape index (κ2) is 7.54. The van der Waals surface area contributed by atoms with Crippen LogP contribution in [0.2, 0.25) is 0 Å². The predicted octanol–water partition coefficient (Wildman–Crippen LogP) is -6.16. The van der Waals surface area contributed by atoms with Crippen LogP contribution < -0.4 is 59.1 Å². The molecule has 0 bridgehead atoms. The molecule has 0 aliphatic heterocycles. The molecule has 0 heterocycles. The van der Waals surface area contributed by atoms with E-state index in [9.17, 15) is 21.7 Å². The first-order valence-corrected chi connectivity index (χ1v) is 5.55. The fraction of sp³-hybridized carbons (Fsp3) is 0. The average Bonchev–Trinajstić information content (AvgIpc) is 2.03. The number of benzene rings is 1. The fourth-order valence-corrected chi connectivity index (χ4v) is 1.74. The molecule has 72 valence electrons. The van der Waals surface area contributed by atoms with Gasteiger partial charge in [0.15, 0.2) is 0 Å². The van der Waals surface area contributed by atoms with Crippen molar-refractivity contribution in [2.75, 3.05) is 0 Å². The van der Waals surface area contributed by atoms with Crippen molar-refractivity contribution in [3.05, 3.63) is 24.3 Å². The van der Waals surface area contributed by atoms with Crippen LogP contribution in [0.25, 0.3) is 0 Å². The van der Waals surface area contributed by atoms with Crippen LogP contribution in [0, 0.1) is 0 Å². The maximum Gasteiger partial charge on any atom is 1.00 e. The molecule has 0 saturated carbocycles. The quantitative estimate of drug-likeness (QED) is 0.301. The van der Waals surface area contributed by atoms with E-state index in [-0.39, 0.29) is 64.0 Å². The van der Waals surface area contributed by atoms with Gasteiger partial charge >= 0.3 is 59.1 Å². The third-order valence-corrected chi connectivity index (χ3v) is 2.76. The first-order valence-electron chi connectivity index (χ1n) is 3.06. The molecule has 0 radical (unpaired) electrons. The standard InChI is InChI=1S/C6H6O5S2.2Na/c7-12(8)5-2-1-3-6(4-5)13(9,10)11;;/h1-4H,(H,7,8)(H,9,10,11);;/q;2*+1/p-2. The molecule has 1 atom stereocenters. The Kier molecular flexibility index (Phi) is 9.35. The van der Waals surface area contributed by atoms with E-state index in [1.165, 1.54) is 12.1 Å². The molecule has 0 amide bonds. The Balaban J connectivity index is 0. The Morgan fingerprint density at radius 3 is 2.13 bits per heavy atom. The van der Waals surface area contributed by atoms with E-state index in [2.05, 4.69) is 0 Å². The molecule has 0 saturated heterocycles. The van der Waals surface area contributed by atoms with Gasteiger partial charge in [0.2, 0.25) is 0 Å². The number of hydrogen-bond donors (Lipinski definition) is 0. The van der Waals surface area contributed by atoms with Gasteiger partial charge in [-0.3, -0.25) is 4.21 Å². The second-order valence-electron chi connectivity index (χ2n) is 2.16. The summed E-state index contributed by atoms with van der Waals surface area (Å²) in [6.07, 6.45) is 0. The van der Waals surface area contributed by atoms with Gasteiger partial charge in [0, 0.05) is 4.90 Å². The van der Waals surface area contributed by atoms with Crippen LogP contribution >= 0.6 is 0 Å². The third kappa shape index (κ3) is 5.92. The molecule has 0 aliphatic rings.